The maximum absolute atomic E-state index is 5.10. The van der Waals surface area contributed by atoms with Crippen LogP contribution in [0.3, 0.4) is 0 Å². The summed E-state index contributed by atoms with van der Waals surface area (Å²) in [6, 6.07) is 1.62. The first kappa shape index (κ1) is 11.7. The molecule has 2 aromatic heterocycles. The Labute approximate surface area is 103 Å². The Morgan fingerprint density at radius 2 is 1.82 bits per heavy atom. The molecule has 2 heterocycles. The van der Waals surface area contributed by atoms with Gasteiger partial charge in [-0.2, -0.15) is 9.97 Å². The van der Waals surface area contributed by atoms with Crippen molar-refractivity contribution in [3.8, 4) is 17.7 Å². The van der Waals surface area contributed by atoms with Gasteiger partial charge in [-0.1, -0.05) is 11.8 Å². The van der Waals surface area contributed by atoms with Crippen LogP contribution < -0.4 is 9.47 Å². The van der Waals surface area contributed by atoms with E-state index in [1.807, 2.05) is 6.26 Å². The molecule has 6 nitrogen and oxygen atoms in total. The molecule has 0 amide bonds. The molecular formula is C10H12N4O2S. The summed E-state index contributed by atoms with van der Waals surface area (Å²) in [5.74, 6) is 1.38. The van der Waals surface area contributed by atoms with E-state index < -0.39 is 0 Å². The molecule has 0 aliphatic rings. The molecule has 0 unspecified atom stereocenters. The quantitative estimate of drug-likeness (QED) is 0.766. The van der Waals surface area contributed by atoms with Gasteiger partial charge in [0.2, 0.25) is 17.7 Å². The Bertz CT molecular complexity index is 493. The minimum absolute atomic E-state index is 0.451. The number of nitrogens with zero attached hydrogens (tertiary/aromatic N) is 4. The highest BCUT2D eigenvalue weighted by Gasteiger charge is 2.10. The number of imidazole rings is 1. The van der Waals surface area contributed by atoms with Crippen molar-refractivity contribution in [2.75, 3.05) is 20.5 Å². The van der Waals surface area contributed by atoms with Crippen LogP contribution in [0, 0.1) is 0 Å². The van der Waals surface area contributed by atoms with Crippen LogP contribution in [0.15, 0.2) is 23.6 Å². The SMILES string of the molecule is COc1cc(OC)nc(-n2ccnc2SC)n1. The third-order valence-corrected chi connectivity index (χ3v) is 2.76. The Hall–Kier alpha value is -1.76. The standard InChI is InChI=1S/C10H12N4O2S/c1-15-7-6-8(16-2)13-9(12-7)14-5-4-11-10(14)17-3/h4-6H,1-3H3. The summed E-state index contributed by atoms with van der Waals surface area (Å²) in [6.45, 7) is 0. The number of methoxy groups -OCH3 is 2. The maximum atomic E-state index is 5.10. The largest absolute Gasteiger partial charge is 0.481 e. The normalized spacial score (nSPS) is 10.3. The van der Waals surface area contributed by atoms with Gasteiger partial charge in [-0.25, -0.2) is 4.98 Å². The van der Waals surface area contributed by atoms with Crippen LogP contribution in [-0.4, -0.2) is 40.0 Å². The molecule has 0 spiro atoms. The van der Waals surface area contributed by atoms with Crippen molar-refractivity contribution < 1.29 is 9.47 Å². The van der Waals surface area contributed by atoms with Crippen LogP contribution in [0.25, 0.3) is 5.95 Å². The fraction of sp³-hybridized carbons (Fsp3) is 0.300. The molecule has 0 aromatic carbocycles. The second-order valence-corrected chi connectivity index (χ2v) is 3.81. The lowest BCUT2D eigenvalue weighted by atomic mass is 10.6. The van der Waals surface area contributed by atoms with Crippen LogP contribution in [0.2, 0.25) is 0 Å². The number of ether oxygens (including phenoxy) is 2. The van der Waals surface area contributed by atoms with Gasteiger partial charge in [-0.05, 0) is 6.26 Å². The number of thioether (sulfide) groups is 1. The lowest BCUT2D eigenvalue weighted by Crippen LogP contribution is -2.04. The van der Waals surface area contributed by atoms with E-state index in [1.54, 1.807) is 37.2 Å². The van der Waals surface area contributed by atoms with E-state index in [-0.39, 0.29) is 0 Å². The Morgan fingerprint density at radius 1 is 1.18 bits per heavy atom. The van der Waals surface area contributed by atoms with E-state index in [0.29, 0.717) is 17.7 Å². The van der Waals surface area contributed by atoms with Gasteiger partial charge in [0.15, 0.2) is 5.16 Å². The van der Waals surface area contributed by atoms with Gasteiger partial charge in [-0.15, -0.1) is 0 Å². The van der Waals surface area contributed by atoms with E-state index in [2.05, 4.69) is 15.0 Å². The molecule has 0 aliphatic heterocycles. The van der Waals surface area contributed by atoms with Gasteiger partial charge < -0.3 is 9.47 Å². The molecule has 0 fully saturated rings. The zero-order chi connectivity index (χ0) is 12.3. The monoisotopic (exact) mass is 252 g/mol. The van der Waals surface area contributed by atoms with Gasteiger partial charge in [0.1, 0.15) is 0 Å². The highest BCUT2D eigenvalue weighted by atomic mass is 32.2. The molecule has 2 aromatic rings. The predicted molar refractivity (Wildman–Crippen MR) is 64.0 cm³/mol. The summed E-state index contributed by atoms with van der Waals surface area (Å²) < 4.78 is 12.0. The zero-order valence-corrected chi connectivity index (χ0v) is 10.6. The van der Waals surface area contributed by atoms with Crippen molar-refractivity contribution in [1.82, 2.24) is 19.5 Å². The van der Waals surface area contributed by atoms with Crippen molar-refractivity contribution in [2.24, 2.45) is 0 Å². The van der Waals surface area contributed by atoms with Crippen molar-refractivity contribution in [3.05, 3.63) is 18.5 Å². The average Bonchev–Trinajstić information content (AvgIpc) is 2.86. The molecule has 0 bridgehead atoms. The second kappa shape index (κ2) is 5.05. The van der Waals surface area contributed by atoms with Crippen LogP contribution in [-0.2, 0) is 0 Å². The van der Waals surface area contributed by atoms with Crippen LogP contribution in [0.5, 0.6) is 11.8 Å². The highest BCUT2D eigenvalue weighted by Crippen LogP contribution is 2.20. The van der Waals surface area contributed by atoms with Crippen molar-refractivity contribution in [3.63, 3.8) is 0 Å². The minimum atomic E-state index is 0.451. The van der Waals surface area contributed by atoms with Crippen LogP contribution in [0.4, 0.5) is 0 Å². The molecule has 17 heavy (non-hydrogen) atoms. The summed E-state index contributed by atoms with van der Waals surface area (Å²) >= 11 is 1.51. The zero-order valence-electron chi connectivity index (χ0n) is 9.75. The summed E-state index contributed by atoms with van der Waals surface area (Å²) in [4.78, 5) is 12.7. The number of hydrogen-bond donors (Lipinski definition) is 0. The Balaban J connectivity index is 2.51. The number of aromatic nitrogens is 4. The molecule has 0 atom stereocenters. The molecule has 0 saturated carbocycles. The third-order valence-electron chi connectivity index (χ3n) is 2.09. The second-order valence-electron chi connectivity index (χ2n) is 3.04. The van der Waals surface area contributed by atoms with E-state index >= 15 is 0 Å². The number of hydrogen-bond acceptors (Lipinski definition) is 6. The van der Waals surface area contributed by atoms with E-state index in [9.17, 15) is 0 Å². The molecule has 7 heteroatoms. The Morgan fingerprint density at radius 3 is 2.35 bits per heavy atom. The van der Waals surface area contributed by atoms with Crippen molar-refractivity contribution >= 4 is 11.8 Å². The number of rotatable bonds is 4. The van der Waals surface area contributed by atoms with E-state index in [1.165, 1.54) is 11.8 Å². The first-order valence-electron chi connectivity index (χ1n) is 4.83. The summed E-state index contributed by atoms with van der Waals surface area (Å²) in [7, 11) is 3.10. The molecule has 2 rings (SSSR count). The lowest BCUT2D eigenvalue weighted by Gasteiger charge is -2.07. The first-order chi connectivity index (χ1) is 8.28. The highest BCUT2D eigenvalue weighted by molar-refractivity contribution is 7.98. The van der Waals surface area contributed by atoms with Gasteiger partial charge in [0, 0.05) is 12.4 Å². The van der Waals surface area contributed by atoms with Gasteiger partial charge in [0.05, 0.1) is 20.3 Å². The molecule has 0 N–H and O–H groups in total. The molecule has 90 valence electrons. The fourth-order valence-electron chi connectivity index (χ4n) is 1.30. The van der Waals surface area contributed by atoms with E-state index in [0.717, 1.165) is 5.16 Å². The molecule has 0 radical (unpaired) electrons. The average molecular weight is 252 g/mol. The molecule has 0 aliphatic carbocycles. The van der Waals surface area contributed by atoms with Gasteiger partial charge in [0.25, 0.3) is 0 Å². The summed E-state index contributed by atoms with van der Waals surface area (Å²) in [5.41, 5.74) is 0. The predicted octanol–water partition coefficient (Wildman–Crippen LogP) is 1.40. The fourth-order valence-corrected chi connectivity index (χ4v) is 1.81. The Kier molecular flexibility index (Phi) is 3.48. The summed E-state index contributed by atoms with van der Waals surface area (Å²) in [6.07, 6.45) is 5.43. The minimum Gasteiger partial charge on any atom is -0.481 e. The lowest BCUT2D eigenvalue weighted by molar-refractivity contribution is 0.370. The van der Waals surface area contributed by atoms with Crippen molar-refractivity contribution in [1.29, 1.82) is 0 Å². The van der Waals surface area contributed by atoms with Crippen LogP contribution in [0.1, 0.15) is 0 Å². The maximum Gasteiger partial charge on any atom is 0.242 e. The molecular weight excluding hydrogens is 240 g/mol. The van der Waals surface area contributed by atoms with Crippen molar-refractivity contribution in [2.45, 2.75) is 5.16 Å². The summed E-state index contributed by atoms with van der Waals surface area (Å²) in [5, 5.41) is 0.806. The topological polar surface area (TPSA) is 62.1 Å². The third kappa shape index (κ3) is 2.33. The smallest absolute Gasteiger partial charge is 0.242 e. The van der Waals surface area contributed by atoms with E-state index in [4.69, 9.17) is 9.47 Å². The van der Waals surface area contributed by atoms with Crippen LogP contribution >= 0.6 is 11.8 Å². The van der Waals surface area contributed by atoms with Gasteiger partial charge in [-0.3, -0.25) is 4.57 Å². The first-order valence-corrected chi connectivity index (χ1v) is 6.05. The molecule has 0 saturated heterocycles. The van der Waals surface area contributed by atoms with Gasteiger partial charge >= 0.3 is 0 Å².